The zero-order valence-electron chi connectivity index (χ0n) is 7.94. The van der Waals surface area contributed by atoms with Gasteiger partial charge in [0.2, 0.25) is 0 Å². The molecule has 0 rings (SSSR count). The van der Waals surface area contributed by atoms with Crippen molar-refractivity contribution < 1.29 is 13.2 Å². The molecule has 0 aromatic carbocycles. The van der Waals surface area contributed by atoms with Gasteiger partial charge in [0.1, 0.15) is 5.84 Å². The van der Waals surface area contributed by atoms with Crippen molar-refractivity contribution >= 4 is 5.84 Å². The van der Waals surface area contributed by atoms with Gasteiger partial charge in [-0.05, 0) is 6.92 Å². The van der Waals surface area contributed by atoms with Gasteiger partial charge in [-0.1, -0.05) is 6.58 Å². The summed E-state index contributed by atoms with van der Waals surface area (Å²) in [5, 5.41) is 6.96. The molecule has 0 saturated carbocycles. The largest absolute Gasteiger partial charge is 0.413 e. The van der Waals surface area contributed by atoms with Crippen molar-refractivity contribution in [3.8, 4) is 0 Å². The lowest BCUT2D eigenvalue weighted by atomic mass is 10.3. The second kappa shape index (κ2) is 4.17. The monoisotopic (exact) mass is 207 g/mol. The highest BCUT2D eigenvalue weighted by atomic mass is 19.4. The molecule has 0 aromatic rings. The van der Waals surface area contributed by atoms with E-state index in [1.165, 1.54) is 7.05 Å². The van der Waals surface area contributed by atoms with E-state index in [0.29, 0.717) is 0 Å². The Hall–Kier alpha value is -1.46. The molecule has 3 N–H and O–H groups in total. The molecule has 0 bridgehead atoms. The topological polar surface area (TPSA) is 53.1 Å². The Morgan fingerprint density at radius 2 is 1.93 bits per heavy atom. The predicted molar refractivity (Wildman–Crippen MR) is 48.6 cm³/mol. The van der Waals surface area contributed by atoms with Crippen molar-refractivity contribution in [2.75, 3.05) is 7.05 Å². The maximum absolute atomic E-state index is 12.1. The first-order chi connectivity index (χ1) is 6.16. The van der Waals surface area contributed by atoms with E-state index in [2.05, 4.69) is 6.58 Å². The molecule has 0 aromatic heterocycles. The van der Waals surface area contributed by atoms with Crippen molar-refractivity contribution in [1.82, 2.24) is 4.90 Å². The smallest absolute Gasteiger partial charge is 0.382 e. The molecule has 80 valence electrons. The second-order valence-electron chi connectivity index (χ2n) is 2.78. The molecule has 0 aliphatic carbocycles. The molecule has 0 unspecified atom stereocenters. The van der Waals surface area contributed by atoms with Crippen LogP contribution in [0.4, 0.5) is 13.2 Å². The summed E-state index contributed by atoms with van der Waals surface area (Å²) in [5.41, 5.74) is 4.30. The van der Waals surface area contributed by atoms with Crippen LogP contribution in [0, 0.1) is 5.41 Å². The third-order valence-corrected chi connectivity index (χ3v) is 1.57. The number of nitrogens with one attached hydrogen (secondary N) is 1. The number of nitrogens with two attached hydrogens (primary N) is 1. The van der Waals surface area contributed by atoms with E-state index in [1.54, 1.807) is 0 Å². The first-order valence-corrected chi connectivity index (χ1v) is 3.68. The van der Waals surface area contributed by atoms with Gasteiger partial charge < -0.3 is 10.6 Å². The van der Waals surface area contributed by atoms with E-state index in [-0.39, 0.29) is 11.5 Å². The van der Waals surface area contributed by atoms with Gasteiger partial charge in [-0.25, -0.2) is 0 Å². The van der Waals surface area contributed by atoms with Crippen molar-refractivity contribution in [3.63, 3.8) is 0 Å². The van der Waals surface area contributed by atoms with Crippen LogP contribution in [-0.2, 0) is 0 Å². The fraction of sp³-hybridized carbons (Fsp3) is 0.375. The molecule has 0 aliphatic rings. The zero-order chi connectivity index (χ0) is 11.5. The van der Waals surface area contributed by atoms with E-state index >= 15 is 0 Å². The summed E-state index contributed by atoms with van der Waals surface area (Å²) >= 11 is 0. The fourth-order valence-electron chi connectivity index (χ4n) is 0.632. The highest BCUT2D eigenvalue weighted by molar-refractivity contribution is 5.93. The Kier molecular flexibility index (Phi) is 3.73. The number of nitrogens with zero attached hydrogens (tertiary/aromatic N) is 1. The molecule has 0 heterocycles. The first-order valence-electron chi connectivity index (χ1n) is 3.68. The molecule has 14 heavy (non-hydrogen) atoms. The van der Waals surface area contributed by atoms with Gasteiger partial charge in [0.25, 0.3) is 0 Å². The van der Waals surface area contributed by atoms with Gasteiger partial charge in [-0.2, -0.15) is 13.2 Å². The second-order valence-corrected chi connectivity index (χ2v) is 2.78. The minimum absolute atomic E-state index is 0.0219. The van der Waals surface area contributed by atoms with Crippen molar-refractivity contribution in [2.24, 2.45) is 5.73 Å². The van der Waals surface area contributed by atoms with Crippen molar-refractivity contribution in [3.05, 3.63) is 24.0 Å². The normalized spacial score (nSPS) is 12.5. The van der Waals surface area contributed by atoms with Crippen molar-refractivity contribution in [2.45, 2.75) is 13.1 Å². The molecule has 0 aliphatic heterocycles. The fourth-order valence-corrected chi connectivity index (χ4v) is 0.632. The summed E-state index contributed by atoms with van der Waals surface area (Å²) in [6.45, 7) is 4.29. The third-order valence-electron chi connectivity index (χ3n) is 1.57. The van der Waals surface area contributed by atoms with Crippen LogP contribution >= 0.6 is 0 Å². The summed E-state index contributed by atoms with van der Waals surface area (Å²) in [7, 11) is 1.35. The van der Waals surface area contributed by atoms with Gasteiger partial charge in [-0.3, -0.25) is 5.41 Å². The van der Waals surface area contributed by atoms with E-state index in [1.807, 2.05) is 0 Å². The Morgan fingerprint density at radius 1 is 1.50 bits per heavy atom. The SMILES string of the molecule is C=C(C(=N)N)N(C)/C=C(\C)C(F)(F)F. The van der Waals surface area contributed by atoms with E-state index in [9.17, 15) is 13.2 Å². The summed E-state index contributed by atoms with van der Waals surface area (Å²) in [4.78, 5) is 1.06. The van der Waals surface area contributed by atoms with Gasteiger partial charge in [0.05, 0.1) is 5.70 Å². The summed E-state index contributed by atoms with van der Waals surface area (Å²) in [5.74, 6) is -0.362. The minimum Gasteiger partial charge on any atom is -0.382 e. The average molecular weight is 207 g/mol. The zero-order valence-corrected chi connectivity index (χ0v) is 7.94. The number of hydrogen-bond acceptors (Lipinski definition) is 2. The lowest BCUT2D eigenvalue weighted by Gasteiger charge is -2.17. The number of rotatable bonds is 3. The summed E-state index contributed by atoms with van der Waals surface area (Å²) in [6, 6.07) is 0. The van der Waals surface area contributed by atoms with E-state index < -0.39 is 11.7 Å². The Bertz CT molecular complexity index is 278. The van der Waals surface area contributed by atoms with Gasteiger partial charge in [0.15, 0.2) is 0 Å². The van der Waals surface area contributed by atoms with Crippen LogP contribution in [0.2, 0.25) is 0 Å². The lowest BCUT2D eigenvalue weighted by molar-refractivity contribution is -0.0921. The lowest BCUT2D eigenvalue weighted by Crippen LogP contribution is -2.24. The maximum Gasteiger partial charge on any atom is 0.413 e. The van der Waals surface area contributed by atoms with Gasteiger partial charge in [-0.15, -0.1) is 0 Å². The molecular formula is C8H12F3N3. The third kappa shape index (κ3) is 3.51. The Labute approximate surface area is 80.2 Å². The van der Waals surface area contributed by atoms with Crippen LogP contribution in [0.3, 0.4) is 0 Å². The molecule has 6 heteroatoms. The van der Waals surface area contributed by atoms with E-state index in [4.69, 9.17) is 11.1 Å². The van der Waals surface area contributed by atoms with Crippen LogP contribution in [-0.4, -0.2) is 24.0 Å². The number of allylic oxidation sites excluding steroid dienone is 1. The Morgan fingerprint density at radius 3 is 2.21 bits per heavy atom. The molecule has 0 saturated heterocycles. The summed E-state index contributed by atoms with van der Waals surface area (Å²) in [6.07, 6.45) is -3.53. The van der Waals surface area contributed by atoms with Crippen LogP contribution in [0.15, 0.2) is 24.0 Å². The number of alkyl halides is 3. The average Bonchev–Trinajstić information content (AvgIpc) is 2.00. The number of halogens is 3. The van der Waals surface area contributed by atoms with Crippen molar-refractivity contribution in [1.29, 1.82) is 5.41 Å². The molecule has 0 radical (unpaired) electrons. The standard InChI is InChI=1S/C8H12F3N3/c1-5(8(9,10)11)4-14(3)6(2)7(12)13/h4H,2H2,1,3H3,(H3,12,13)/b5-4+. The number of likely N-dealkylation sites (N-methyl/N-ethyl adjacent to an activating group) is 1. The molecular weight excluding hydrogens is 195 g/mol. The molecule has 0 fully saturated rings. The number of hydrogen-bond donors (Lipinski definition) is 2. The van der Waals surface area contributed by atoms with Crippen LogP contribution in [0.25, 0.3) is 0 Å². The molecule has 3 nitrogen and oxygen atoms in total. The van der Waals surface area contributed by atoms with Gasteiger partial charge >= 0.3 is 6.18 Å². The molecule has 0 atom stereocenters. The van der Waals surface area contributed by atoms with Crippen LogP contribution < -0.4 is 5.73 Å². The Balaban J connectivity index is 4.68. The van der Waals surface area contributed by atoms with Crippen LogP contribution in [0.1, 0.15) is 6.92 Å². The first kappa shape index (κ1) is 12.5. The summed E-state index contributed by atoms with van der Waals surface area (Å²) < 4.78 is 36.2. The highest BCUT2D eigenvalue weighted by Gasteiger charge is 2.30. The van der Waals surface area contributed by atoms with Gasteiger partial charge in [0, 0.05) is 18.8 Å². The van der Waals surface area contributed by atoms with E-state index in [0.717, 1.165) is 18.0 Å². The maximum atomic E-state index is 12.1. The number of amidine groups is 1. The molecule has 0 spiro atoms. The van der Waals surface area contributed by atoms with Crippen LogP contribution in [0.5, 0.6) is 0 Å². The highest BCUT2D eigenvalue weighted by Crippen LogP contribution is 2.25. The molecule has 0 amide bonds. The minimum atomic E-state index is -4.37. The quantitative estimate of drug-likeness (QED) is 0.548. The predicted octanol–water partition coefficient (Wildman–Crippen LogP) is 1.83.